The van der Waals surface area contributed by atoms with Crippen LogP contribution in [0.5, 0.6) is 5.75 Å². The molecule has 0 fully saturated rings. The molecule has 0 saturated heterocycles. The Labute approximate surface area is 137 Å². The van der Waals surface area contributed by atoms with Crippen LogP contribution in [0, 0.1) is 0 Å². The van der Waals surface area contributed by atoms with Gasteiger partial charge in [-0.3, -0.25) is 19.3 Å². The van der Waals surface area contributed by atoms with Gasteiger partial charge in [0.25, 0.3) is 17.7 Å². The Kier molecular flexibility index (Phi) is 3.02. The summed E-state index contributed by atoms with van der Waals surface area (Å²) >= 11 is 0. The molecule has 2 aliphatic heterocycles. The zero-order valence-electron chi connectivity index (χ0n) is 12.7. The normalized spacial score (nSPS) is 18.6. The quantitative estimate of drug-likeness (QED) is 0.781. The molecule has 2 N–H and O–H groups in total. The molecule has 7 nitrogen and oxygen atoms in total. The molecule has 7 heteroatoms. The van der Waals surface area contributed by atoms with Gasteiger partial charge in [-0.15, -0.1) is 0 Å². The van der Waals surface area contributed by atoms with Gasteiger partial charge in [0, 0.05) is 0 Å². The molecule has 24 heavy (non-hydrogen) atoms. The fourth-order valence-corrected chi connectivity index (χ4v) is 2.98. The second-order valence-electron chi connectivity index (χ2n) is 5.48. The van der Waals surface area contributed by atoms with Crippen molar-refractivity contribution in [2.75, 3.05) is 22.6 Å². The fraction of sp³-hybridized carbons (Fsp3) is 0.118. The lowest BCUT2D eigenvalue weighted by Gasteiger charge is -2.33. The number of carbonyl (C=O) groups excluding carboxylic acids is 3. The Morgan fingerprint density at radius 2 is 1.67 bits per heavy atom. The highest BCUT2D eigenvalue weighted by atomic mass is 16.5. The maximum absolute atomic E-state index is 13.1. The number of anilines is 3. The lowest BCUT2D eigenvalue weighted by atomic mass is 10.1. The first-order valence-electron chi connectivity index (χ1n) is 7.32. The molecule has 2 aliphatic rings. The van der Waals surface area contributed by atoms with Crippen LogP contribution in [-0.4, -0.2) is 30.9 Å². The molecule has 1 unspecified atom stereocenters. The van der Waals surface area contributed by atoms with E-state index < -0.39 is 23.8 Å². The molecule has 3 amide bonds. The van der Waals surface area contributed by atoms with Crippen LogP contribution in [0.25, 0.3) is 0 Å². The summed E-state index contributed by atoms with van der Waals surface area (Å²) in [5, 5.41) is 5.32. The van der Waals surface area contributed by atoms with Gasteiger partial charge in [-0.1, -0.05) is 12.1 Å². The lowest BCUT2D eigenvalue weighted by molar-refractivity contribution is -0.125. The molecule has 0 aliphatic carbocycles. The van der Waals surface area contributed by atoms with Gasteiger partial charge < -0.3 is 15.4 Å². The highest BCUT2D eigenvalue weighted by molar-refractivity contribution is 6.29. The van der Waals surface area contributed by atoms with Crippen molar-refractivity contribution in [2.45, 2.75) is 6.04 Å². The maximum atomic E-state index is 13.1. The van der Waals surface area contributed by atoms with Crippen LogP contribution in [0.15, 0.2) is 42.5 Å². The Balaban J connectivity index is 1.94. The molecule has 1 atom stereocenters. The summed E-state index contributed by atoms with van der Waals surface area (Å²) in [7, 11) is 1.49. The minimum Gasteiger partial charge on any atom is -0.497 e. The first-order valence-corrected chi connectivity index (χ1v) is 7.32. The van der Waals surface area contributed by atoms with E-state index in [9.17, 15) is 14.4 Å². The molecule has 120 valence electrons. The highest BCUT2D eigenvalue weighted by Crippen LogP contribution is 2.36. The van der Waals surface area contributed by atoms with Crippen molar-refractivity contribution in [1.29, 1.82) is 0 Å². The van der Waals surface area contributed by atoms with Crippen LogP contribution in [0.3, 0.4) is 0 Å². The smallest absolute Gasteiger partial charge is 0.261 e. The SMILES string of the molecule is COc1ccc2c(c1)C(=O)N1c3ccccc3NC(=O)C1C(=O)N2. The maximum Gasteiger partial charge on any atom is 0.261 e. The third kappa shape index (κ3) is 1.95. The zero-order chi connectivity index (χ0) is 16.8. The molecule has 2 heterocycles. The first kappa shape index (κ1) is 14.3. The van der Waals surface area contributed by atoms with Crippen LogP contribution in [-0.2, 0) is 9.59 Å². The molecule has 2 aromatic rings. The van der Waals surface area contributed by atoms with Crippen molar-refractivity contribution in [3.63, 3.8) is 0 Å². The molecule has 0 bridgehead atoms. The topological polar surface area (TPSA) is 87.7 Å². The molecule has 0 spiro atoms. The molecule has 0 aromatic heterocycles. The average molecular weight is 323 g/mol. The second kappa shape index (κ2) is 5.09. The summed E-state index contributed by atoms with van der Waals surface area (Å²) in [6, 6.07) is 10.4. The number of hydrogen-bond acceptors (Lipinski definition) is 4. The van der Waals surface area contributed by atoms with E-state index in [4.69, 9.17) is 4.74 Å². The number of nitrogens with zero attached hydrogens (tertiary/aromatic N) is 1. The second-order valence-corrected chi connectivity index (χ2v) is 5.48. The number of fused-ring (bicyclic) bond motifs is 4. The number of methoxy groups -OCH3 is 1. The summed E-state index contributed by atoms with van der Waals surface area (Å²) in [5.41, 5.74) is 1.60. The van der Waals surface area contributed by atoms with Gasteiger partial charge in [-0.05, 0) is 30.3 Å². The number of carbonyl (C=O) groups is 3. The third-order valence-electron chi connectivity index (χ3n) is 4.11. The van der Waals surface area contributed by atoms with Crippen LogP contribution in [0.4, 0.5) is 17.1 Å². The summed E-state index contributed by atoms with van der Waals surface area (Å²) in [6.07, 6.45) is 0. The van der Waals surface area contributed by atoms with Gasteiger partial charge in [0.15, 0.2) is 6.04 Å². The van der Waals surface area contributed by atoms with E-state index in [0.29, 0.717) is 22.8 Å². The first-order chi connectivity index (χ1) is 11.6. The Bertz CT molecular complexity index is 893. The van der Waals surface area contributed by atoms with E-state index in [1.165, 1.54) is 12.0 Å². The molecule has 2 aromatic carbocycles. The summed E-state index contributed by atoms with van der Waals surface area (Å²) < 4.78 is 5.16. The summed E-state index contributed by atoms with van der Waals surface area (Å²) in [6.45, 7) is 0. The number of nitrogens with one attached hydrogen (secondary N) is 2. The minimum absolute atomic E-state index is 0.273. The molecule has 0 saturated carbocycles. The Morgan fingerprint density at radius 1 is 0.958 bits per heavy atom. The van der Waals surface area contributed by atoms with Gasteiger partial charge in [0.1, 0.15) is 5.75 Å². The van der Waals surface area contributed by atoms with Gasteiger partial charge >= 0.3 is 0 Å². The van der Waals surface area contributed by atoms with Crippen molar-refractivity contribution >= 4 is 34.8 Å². The number of ether oxygens (including phenoxy) is 1. The zero-order valence-corrected chi connectivity index (χ0v) is 12.7. The van der Waals surface area contributed by atoms with Gasteiger partial charge in [-0.25, -0.2) is 0 Å². The van der Waals surface area contributed by atoms with Crippen molar-refractivity contribution in [3.8, 4) is 5.75 Å². The number of para-hydroxylation sites is 2. The van der Waals surface area contributed by atoms with Crippen LogP contribution in [0.2, 0.25) is 0 Å². The molecular formula is C17H13N3O4. The van der Waals surface area contributed by atoms with E-state index in [-0.39, 0.29) is 5.56 Å². The standard InChI is InChI=1S/C17H13N3O4/c1-24-9-6-7-11-10(8-9)17(23)20-13-5-3-2-4-12(13)19-16(22)14(20)15(21)18-11/h2-8,14H,1H3,(H,18,21)(H,19,22). The third-order valence-corrected chi connectivity index (χ3v) is 4.11. The lowest BCUT2D eigenvalue weighted by Crippen LogP contribution is -2.55. The predicted octanol–water partition coefficient (Wildman–Crippen LogP) is 1.61. The van der Waals surface area contributed by atoms with Gasteiger partial charge in [0.2, 0.25) is 0 Å². The molecular weight excluding hydrogens is 310 g/mol. The van der Waals surface area contributed by atoms with Crippen molar-refractivity contribution in [2.24, 2.45) is 0 Å². The van der Waals surface area contributed by atoms with E-state index in [0.717, 1.165) is 0 Å². The summed E-state index contributed by atoms with van der Waals surface area (Å²) in [4.78, 5) is 39.2. The largest absolute Gasteiger partial charge is 0.497 e. The monoisotopic (exact) mass is 323 g/mol. The van der Waals surface area contributed by atoms with E-state index in [2.05, 4.69) is 10.6 Å². The molecule has 4 rings (SSSR count). The highest BCUT2D eigenvalue weighted by Gasteiger charge is 2.44. The van der Waals surface area contributed by atoms with Gasteiger partial charge in [-0.2, -0.15) is 0 Å². The number of rotatable bonds is 1. The van der Waals surface area contributed by atoms with E-state index in [1.54, 1.807) is 42.5 Å². The Morgan fingerprint density at radius 3 is 2.42 bits per heavy atom. The van der Waals surface area contributed by atoms with Crippen molar-refractivity contribution < 1.29 is 19.1 Å². The average Bonchev–Trinajstić information content (AvgIpc) is 2.70. The minimum atomic E-state index is -1.26. The van der Waals surface area contributed by atoms with E-state index in [1.807, 2.05) is 0 Å². The van der Waals surface area contributed by atoms with Crippen LogP contribution >= 0.6 is 0 Å². The summed E-state index contributed by atoms with van der Waals surface area (Å²) in [5.74, 6) is -1.04. The fourth-order valence-electron chi connectivity index (χ4n) is 2.98. The number of hydrogen-bond donors (Lipinski definition) is 2. The molecule has 0 radical (unpaired) electrons. The van der Waals surface area contributed by atoms with Crippen molar-refractivity contribution in [1.82, 2.24) is 0 Å². The number of amides is 3. The van der Waals surface area contributed by atoms with Crippen LogP contribution < -0.4 is 20.3 Å². The van der Waals surface area contributed by atoms with Crippen LogP contribution in [0.1, 0.15) is 10.4 Å². The van der Waals surface area contributed by atoms with Gasteiger partial charge in [0.05, 0.1) is 29.7 Å². The predicted molar refractivity (Wildman–Crippen MR) is 87.3 cm³/mol. The number of benzene rings is 2. The van der Waals surface area contributed by atoms with Crippen molar-refractivity contribution in [3.05, 3.63) is 48.0 Å². The van der Waals surface area contributed by atoms with E-state index >= 15 is 0 Å². The Hall–Kier alpha value is -3.35.